The van der Waals surface area contributed by atoms with Crippen LogP contribution in [0.5, 0.6) is 5.75 Å². The number of guanidine groups is 1. The summed E-state index contributed by atoms with van der Waals surface area (Å²) < 4.78 is 8.60. The van der Waals surface area contributed by atoms with E-state index < -0.39 is 0 Å². The lowest BCUT2D eigenvalue weighted by Crippen LogP contribution is -2.46. The van der Waals surface area contributed by atoms with Gasteiger partial charge >= 0.3 is 0 Å². The molecule has 0 bridgehead atoms. The first-order valence-electron chi connectivity index (χ1n) is 10.8. The third-order valence-corrected chi connectivity index (χ3v) is 6.43. The number of fused-ring (bicyclic) bond motifs is 2. The number of nitrogens with one attached hydrogen (secondary N) is 2. The number of para-hydroxylation sites is 1. The Morgan fingerprint density at radius 2 is 2.00 bits per heavy atom. The molecule has 2 aromatic heterocycles. The average Bonchev–Trinajstić information content (AvgIpc) is 3.38. The molecule has 2 N–H and O–H groups in total. The third-order valence-electron chi connectivity index (χ3n) is 6.43. The van der Waals surface area contributed by atoms with Crippen molar-refractivity contribution in [3.8, 4) is 5.75 Å². The van der Waals surface area contributed by atoms with E-state index >= 15 is 0 Å². The van der Waals surface area contributed by atoms with Crippen LogP contribution in [0.15, 0.2) is 53.7 Å². The summed E-state index contributed by atoms with van der Waals surface area (Å²) in [6, 6.07) is 14.7. The first kappa shape index (κ1) is 21.9. The highest BCUT2D eigenvalue weighted by Gasteiger charge is 2.43. The number of ether oxygens (including phenoxy) is 1. The normalized spacial score (nSPS) is 19.5. The molecule has 164 valence electrons. The molecule has 3 aromatic rings. The van der Waals surface area contributed by atoms with Crippen molar-refractivity contribution in [2.75, 3.05) is 7.05 Å². The Labute approximate surface area is 200 Å². The summed E-state index contributed by atoms with van der Waals surface area (Å²) >= 11 is 0. The fourth-order valence-electron chi connectivity index (χ4n) is 4.89. The summed E-state index contributed by atoms with van der Waals surface area (Å²) in [5.41, 5.74) is 4.31. The van der Waals surface area contributed by atoms with E-state index in [0.717, 1.165) is 42.3 Å². The number of hydrogen-bond acceptors (Lipinski definition) is 3. The van der Waals surface area contributed by atoms with Gasteiger partial charge in [-0.25, -0.2) is 4.98 Å². The van der Waals surface area contributed by atoms with Gasteiger partial charge < -0.3 is 19.8 Å². The van der Waals surface area contributed by atoms with Crippen molar-refractivity contribution in [2.24, 2.45) is 4.99 Å². The van der Waals surface area contributed by atoms with Crippen LogP contribution in [0, 0.1) is 6.92 Å². The number of pyridine rings is 1. The molecular weight excluding hydrogens is 501 g/mol. The minimum absolute atomic E-state index is 0. The highest BCUT2D eigenvalue weighted by atomic mass is 127. The smallest absolute Gasteiger partial charge is 0.191 e. The molecular formula is C24H30IN5O. The highest BCUT2D eigenvalue weighted by Crippen LogP contribution is 2.46. The number of halogens is 1. The zero-order valence-electron chi connectivity index (χ0n) is 18.1. The minimum Gasteiger partial charge on any atom is -0.487 e. The van der Waals surface area contributed by atoms with Gasteiger partial charge in [0.1, 0.15) is 17.0 Å². The van der Waals surface area contributed by atoms with Crippen LogP contribution in [0.2, 0.25) is 0 Å². The van der Waals surface area contributed by atoms with Crippen molar-refractivity contribution in [3.63, 3.8) is 0 Å². The van der Waals surface area contributed by atoms with Gasteiger partial charge in [-0.15, -0.1) is 24.0 Å². The SMILES string of the molecule is CN=C(NCc1cn2c(C)cccc2n1)NC1CC2(CCCC2)Oc2ccccc21.I. The molecule has 1 atom stereocenters. The fourth-order valence-corrected chi connectivity index (χ4v) is 4.89. The van der Waals surface area contributed by atoms with Gasteiger partial charge in [0.2, 0.25) is 0 Å². The van der Waals surface area contributed by atoms with Crippen LogP contribution in [-0.2, 0) is 6.54 Å². The molecule has 1 fully saturated rings. The largest absolute Gasteiger partial charge is 0.487 e. The lowest BCUT2D eigenvalue weighted by molar-refractivity contribution is 0.0396. The summed E-state index contributed by atoms with van der Waals surface area (Å²) in [6.07, 6.45) is 7.81. The number of aryl methyl sites for hydroxylation is 1. The van der Waals surface area contributed by atoms with Crippen LogP contribution in [-0.4, -0.2) is 28.0 Å². The van der Waals surface area contributed by atoms with Gasteiger partial charge in [0.05, 0.1) is 18.3 Å². The van der Waals surface area contributed by atoms with Gasteiger partial charge in [-0.3, -0.25) is 4.99 Å². The highest BCUT2D eigenvalue weighted by molar-refractivity contribution is 14.0. The quantitative estimate of drug-likeness (QED) is 0.291. The van der Waals surface area contributed by atoms with Crippen molar-refractivity contribution in [2.45, 2.75) is 57.2 Å². The Morgan fingerprint density at radius 1 is 1.19 bits per heavy atom. The van der Waals surface area contributed by atoms with Gasteiger partial charge in [-0.1, -0.05) is 24.3 Å². The molecule has 1 aliphatic carbocycles. The molecule has 3 heterocycles. The number of benzene rings is 1. The van der Waals surface area contributed by atoms with Gasteiger partial charge in [0.15, 0.2) is 5.96 Å². The standard InChI is InChI=1S/C24H29N5O.HI/c1-17-8-7-11-22-27-18(16-29(17)22)15-26-23(25-2)28-20-14-24(12-5-6-13-24)30-21-10-4-3-9-19(20)21;/h3-4,7-11,16,20H,5-6,12-15H2,1-2H3,(H2,25,26,28);1H. The topological polar surface area (TPSA) is 63.0 Å². The fraction of sp³-hybridized carbons (Fsp3) is 0.417. The molecule has 0 amide bonds. The Morgan fingerprint density at radius 3 is 2.77 bits per heavy atom. The Balaban J connectivity index is 0.00000231. The summed E-state index contributed by atoms with van der Waals surface area (Å²) in [4.78, 5) is 9.19. The molecule has 6 nitrogen and oxygen atoms in total. The molecule has 1 saturated carbocycles. The lowest BCUT2D eigenvalue weighted by atomic mass is 9.86. The number of aromatic nitrogens is 2. The van der Waals surface area contributed by atoms with Crippen LogP contribution < -0.4 is 15.4 Å². The maximum Gasteiger partial charge on any atom is 0.191 e. The van der Waals surface area contributed by atoms with Crippen LogP contribution in [0.25, 0.3) is 5.65 Å². The minimum atomic E-state index is -0.0377. The monoisotopic (exact) mass is 531 g/mol. The first-order chi connectivity index (χ1) is 14.7. The molecule has 5 rings (SSSR count). The molecule has 0 saturated heterocycles. The zero-order chi connectivity index (χ0) is 20.6. The second-order valence-electron chi connectivity index (χ2n) is 8.48. The van der Waals surface area contributed by atoms with E-state index in [-0.39, 0.29) is 35.6 Å². The van der Waals surface area contributed by atoms with Crippen molar-refractivity contribution in [1.29, 1.82) is 0 Å². The predicted molar refractivity (Wildman–Crippen MR) is 134 cm³/mol. The van der Waals surface area contributed by atoms with Gasteiger partial charge in [0.25, 0.3) is 0 Å². The molecule has 7 heteroatoms. The molecule has 1 aromatic carbocycles. The molecule has 31 heavy (non-hydrogen) atoms. The molecule has 1 spiro atoms. The van der Waals surface area contributed by atoms with E-state index in [1.54, 1.807) is 0 Å². The number of rotatable bonds is 3. The average molecular weight is 531 g/mol. The Bertz CT molecular complexity index is 1090. The van der Waals surface area contributed by atoms with Crippen LogP contribution in [0.4, 0.5) is 0 Å². The third kappa shape index (κ3) is 4.37. The Kier molecular flexibility index (Phi) is 6.41. The maximum atomic E-state index is 6.49. The van der Waals surface area contributed by atoms with E-state index in [4.69, 9.17) is 9.72 Å². The molecule has 1 unspecified atom stereocenters. The summed E-state index contributed by atoms with van der Waals surface area (Å²) in [5, 5.41) is 7.10. The summed E-state index contributed by atoms with van der Waals surface area (Å²) in [6.45, 7) is 2.71. The van der Waals surface area contributed by atoms with E-state index in [2.05, 4.69) is 63.5 Å². The van der Waals surface area contributed by atoms with E-state index in [1.165, 1.54) is 24.1 Å². The number of hydrogen-bond donors (Lipinski definition) is 2. The van der Waals surface area contributed by atoms with Crippen LogP contribution >= 0.6 is 24.0 Å². The number of aliphatic imine (C=N–C) groups is 1. The number of imidazole rings is 1. The second-order valence-corrected chi connectivity index (χ2v) is 8.48. The number of nitrogens with zero attached hydrogens (tertiary/aromatic N) is 3. The lowest BCUT2D eigenvalue weighted by Gasteiger charge is -2.40. The van der Waals surface area contributed by atoms with E-state index in [0.29, 0.717) is 6.54 Å². The molecule has 1 aliphatic heterocycles. The van der Waals surface area contributed by atoms with Crippen LogP contribution in [0.3, 0.4) is 0 Å². The van der Waals surface area contributed by atoms with Gasteiger partial charge in [0, 0.05) is 30.9 Å². The van der Waals surface area contributed by atoms with Crippen LogP contribution in [0.1, 0.15) is 55.1 Å². The van der Waals surface area contributed by atoms with E-state index in [1.807, 2.05) is 19.2 Å². The van der Waals surface area contributed by atoms with Crippen molar-refractivity contribution < 1.29 is 4.74 Å². The Hall–Kier alpha value is -2.29. The summed E-state index contributed by atoms with van der Waals surface area (Å²) in [5.74, 6) is 1.80. The molecule has 2 aliphatic rings. The van der Waals surface area contributed by atoms with E-state index in [9.17, 15) is 0 Å². The van der Waals surface area contributed by atoms with Crippen molar-refractivity contribution in [1.82, 2.24) is 20.0 Å². The molecule has 0 radical (unpaired) electrons. The second kappa shape index (κ2) is 9.06. The van der Waals surface area contributed by atoms with Gasteiger partial charge in [-0.05, 0) is 50.8 Å². The van der Waals surface area contributed by atoms with Gasteiger partial charge in [-0.2, -0.15) is 0 Å². The van der Waals surface area contributed by atoms with Crippen molar-refractivity contribution in [3.05, 3.63) is 65.6 Å². The summed E-state index contributed by atoms with van der Waals surface area (Å²) in [7, 11) is 1.82. The maximum absolute atomic E-state index is 6.49. The first-order valence-corrected chi connectivity index (χ1v) is 10.8. The zero-order valence-corrected chi connectivity index (χ0v) is 20.4. The van der Waals surface area contributed by atoms with Crippen molar-refractivity contribution >= 4 is 35.6 Å². The predicted octanol–water partition coefficient (Wildman–Crippen LogP) is 4.76.